The molecule has 2 rings (SSSR count). The fraction of sp³-hybridized carbons (Fsp3) is 0.467. The van der Waals surface area contributed by atoms with Gasteiger partial charge < -0.3 is 9.53 Å². The molecule has 0 aliphatic carbocycles. The molecule has 0 saturated carbocycles. The molecule has 2 nitrogen and oxygen atoms in total. The third-order valence-electron chi connectivity index (χ3n) is 3.59. The van der Waals surface area contributed by atoms with Crippen LogP contribution in [0.4, 0.5) is 0 Å². The van der Waals surface area contributed by atoms with Crippen LogP contribution in [0.2, 0.25) is 19.1 Å². The summed E-state index contributed by atoms with van der Waals surface area (Å²) >= 11 is 0. The molecule has 1 aliphatic heterocycles. The highest BCUT2D eigenvalue weighted by molar-refractivity contribution is 6.71. The van der Waals surface area contributed by atoms with E-state index in [-0.39, 0.29) is 12.5 Å². The number of allylic oxidation sites excluding steroid dienone is 1. The Morgan fingerprint density at radius 3 is 2.72 bits per heavy atom. The number of aliphatic hydroxyl groups is 1. The highest BCUT2D eigenvalue weighted by atomic mass is 28.4. The molecule has 1 aliphatic rings. The minimum Gasteiger partial charge on any atom is -0.417 e. The van der Waals surface area contributed by atoms with E-state index in [4.69, 9.17) is 4.43 Å². The van der Waals surface area contributed by atoms with Crippen LogP contribution in [0.3, 0.4) is 0 Å². The average Bonchev–Trinajstić information content (AvgIpc) is 2.37. The summed E-state index contributed by atoms with van der Waals surface area (Å²) < 4.78 is 5.90. The van der Waals surface area contributed by atoms with Gasteiger partial charge in [-0.15, -0.1) is 0 Å². The largest absolute Gasteiger partial charge is 0.417 e. The molecule has 1 N–H and O–H groups in total. The van der Waals surface area contributed by atoms with Crippen molar-refractivity contribution in [3.63, 3.8) is 0 Å². The maximum Gasteiger partial charge on any atom is 0.187 e. The molecule has 1 fully saturated rings. The Labute approximate surface area is 110 Å². The van der Waals surface area contributed by atoms with Gasteiger partial charge in [-0.1, -0.05) is 42.5 Å². The topological polar surface area (TPSA) is 29.5 Å². The van der Waals surface area contributed by atoms with E-state index >= 15 is 0 Å². The number of rotatable bonds is 3. The van der Waals surface area contributed by atoms with Crippen LogP contribution < -0.4 is 0 Å². The van der Waals surface area contributed by atoms with Crippen LogP contribution in [-0.4, -0.2) is 26.6 Å². The van der Waals surface area contributed by atoms with Gasteiger partial charge in [0, 0.05) is 19.1 Å². The second-order valence-corrected chi connectivity index (χ2v) is 9.87. The molecular weight excluding hydrogens is 240 g/mol. The Bertz CT molecular complexity index is 400. The maximum atomic E-state index is 9.43. The molecule has 1 saturated heterocycles. The van der Waals surface area contributed by atoms with E-state index in [0.29, 0.717) is 12.5 Å². The van der Waals surface area contributed by atoms with Crippen LogP contribution in [0, 0.1) is 11.8 Å². The summed E-state index contributed by atoms with van der Waals surface area (Å²) in [4.78, 5) is 0. The van der Waals surface area contributed by atoms with Gasteiger partial charge >= 0.3 is 0 Å². The van der Waals surface area contributed by atoms with Gasteiger partial charge in [-0.05, 0) is 30.6 Å². The second-order valence-electron chi connectivity index (χ2n) is 5.65. The van der Waals surface area contributed by atoms with E-state index < -0.39 is 8.32 Å². The van der Waals surface area contributed by atoms with Gasteiger partial charge in [-0.25, -0.2) is 0 Å². The van der Waals surface area contributed by atoms with Crippen LogP contribution >= 0.6 is 0 Å². The van der Waals surface area contributed by atoms with Crippen molar-refractivity contribution in [2.24, 2.45) is 11.8 Å². The van der Waals surface area contributed by atoms with Crippen LogP contribution in [0.25, 0.3) is 6.08 Å². The molecule has 18 heavy (non-hydrogen) atoms. The minimum absolute atomic E-state index is 0.217. The molecule has 1 aromatic rings. The van der Waals surface area contributed by atoms with E-state index in [1.165, 1.54) is 5.56 Å². The zero-order valence-electron chi connectivity index (χ0n) is 11.2. The van der Waals surface area contributed by atoms with Gasteiger partial charge in [0.15, 0.2) is 8.32 Å². The molecule has 0 bridgehead atoms. The molecule has 0 aromatic heterocycles. The molecule has 0 amide bonds. The molecule has 1 aromatic carbocycles. The van der Waals surface area contributed by atoms with Crippen LogP contribution in [0.1, 0.15) is 5.56 Å². The van der Waals surface area contributed by atoms with Crippen molar-refractivity contribution in [3.8, 4) is 0 Å². The van der Waals surface area contributed by atoms with Gasteiger partial charge in [-0.2, -0.15) is 0 Å². The first kappa shape index (κ1) is 13.5. The Kier molecular flexibility index (Phi) is 4.38. The Hall–Kier alpha value is -0.903. The zero-order chi connectivity index (χ0) is 13.0. The van der Waals surface area contributed by atoms with E-state index in [1.807, 2.05) is 18.2 Å². The van der Waals surface area contributed by atoms with Gasteiger partial charge in [0.2, 0.25) is 0 Å². The lowest BCUT2D eigenvalue weighted by Gasteiger charge is -2.37. The number of hydrogen-bond donors (Lipinski definition) is 1. The molecule has 0 spiro atoms. The van der Waals surface area contributed by atoms with Crippen molar-refractivity contribution in [1.29, 1.82) is 0 Å². The third kappa shape index (κ3) is 3.54. The van der Waals surface area contributed by atoms with Crippen molar-refractivity contribution in [1.82, 2.24) is 0 Å². The fourth-order valence-corrected chi connectivity index (χ4v) is 4.85. The number of benzene rings is 1. The predicted molar refractivity (Wildman–Crippen MR) is 77.8 cm³/mol. The van der Waals surface area contributed by atoms with Crippen LogP contribution in [-0.2, 0) is 4.43 Å². The molecule has 2 atom stereocenters. The Balaban J connectivity index is 2.07. The zero-order valence-corrected chi connectivity index (χ0v) is 12.2. The summed E-state index contributed by atoms with van der Waals surface area (Å²) in [7, 11) is -1.51. The molecule has 2 unspecified atom stereocenters. The molecule has 98 valence electrons. The normalized spacial score (nSPS) is 27.5. The SMILES string of the molecule is C[Si]1(C)CC(/C=C/c2ccccc2)C(CO)CO1. The minimum atomic E-state index is -1.51. The Morgan fingerprint density at radius 2 is 2.06 bits per heavy atom. The summed E-state index contributed by atoms with van der Waals surface area (Å²) in [6.45, 7) is 5.43. The van der Waals surface area contributed by atoms with E-state index in [2.05, 4.69) is 37.4 Å². The maximum absolute atomic E-state index is 9.43. The first-order valence-corrected chi connectivity index (χ1v) is 9.70. The van der Waals surface area contributed by atoms with Crippen molar-refractivity contribution < 1.29 is 9.53 Å². The summed E-state index contributed by atoms with van der Waals surface area (Å²) in [5.74, 6) is 0.705. The van der Waals surface area contributed by atoms with Crippen molar-refractivity contribution in [2.45, 2.75) is 19.1 Å². The monoisotopic (exact) mass is 262 g/mol. The number of hydrogen-bond acceptors (Lipinski definition) is 2. The van der Waals surface area contributed by atoms with Crippen LogP contribution in [0.15, 0.2) is 36.4 Å². The second kappa shape index (κ2) is 5.82. The van der Waals surface area contributed by atoms with Gasteiger partial charge in [0.05, 0.1) is 0 Å². The van der Waals surface area contributed by atoms with Crippen molar-refractivity contribution in [2.75, 3.05) is 13.2 Å². The first-order chi connectivity index (χ1) is 8.61. The quantitative estimate of drug-likeness (QED) is 0.848. The third-order valence-corrected chi connectivity index (χ3v) is 5.99. The van der Waals surface area contributed by atoms with Crippen molar-refractivity contribution in [3.05, 3.63) is 42.0 Å². The van der Waals surface area contributed by atoms with E-state index in [9.17, 15) is 5.11 Å². The number of aliphatic hydroxyl groups excluding tert-OH is 1. The van der Waals surface area contributed by atoms with Crippen LogP contribution in [0.5, 0.6) is 0 Å². The standard InChI is InChI=1S/C15H22O2Si/c1-18(2)12-14(15(10-16)11-17-18)9-8-13-6-4-3-5-7-13/h3-9,14-16H,10-12H2,1-2H3/b9-8+. The lowest BCUT2D eigenvalue weighted by Crippen LogP contribution is -2.43. The fourth-order valence-electron chi connectivity index (χ4n) is 2.46. The molecular formula is C15H22O2Si. The van der Waals surface area contributed by atoms with Gasteiger partial charge in [-0.3, -0.25) is 0 Å². The highest BCUT2D eigenvalue weighted by Gasteiger charge is 2.35. The van der Waals surface area contributed by atoms with Gasteiger partial charge in [0.1, 0.15) is 0 Å². The summed E-state index contributed by atoms with van der Waals surface area (Å²) in [6, 6.07) is 11.4. The highest BCUT2D eigenvalue weighted by Crippen LogP contribution is 2.32. The van der Waals surface area contributed by atoms with E-state index in [1.54, 1.807) is 0 Å². The molecule has 3 heteroatoms. The lowest BCUT2D eigenvalue weighted by molar-refractivity contribution is 0.112. The Morgan fingerprint density at radius 1 is 1.33 bits per heavy atom. The predicted octanol–water partition coefficient (Wildman–Crippen LogP) is 3.16. The smallest absolute Gasteiger partial charge is 0.187 e. The van der Waals surface area contributed by atoms with Gasteiger partial charge in [0.25, 0.3) is 0 Å². The summed E-state index contributed by atoms with van der Waals surface area (Å²) in [5.41, 5.74) is 1.22. The average molecular weight is 262 g/mol. The first-order valence-electron chi connectivity index (χ1n) is 6.59. The summed E-state index contributed by atoms with van der Waals surface area (Å²) in [6.07, 6.45) is 4.43. The molecule has 1 heterocycles. The van der Waals surface area contributed by atoms with E-state index in [0.717, 1.165) is 6.04 Å². The molecule has 0 radical (unpaired) electrons. The lowest BCUT2D eigenvalue weighted by atomic mass is 9.94. The van der Waals surface area contributed by atoms with Crippen molar-refractivity contribution >= 4 is 14.4 Å². The summed E-state index contributed by atoms with van der Waals surface area (Å²) in [5, 5.41) is 9.43.